The van der Waals surface area contributed by atoms with Gasteiger partial charge in [0.2, 0.25) is 0 Å². The molecule has 0 aliphatic rings. The smallest absolute Gasteiger partial charge is 0.305 e. The minimum atomic E-state index is -0.189. The third-order valence-electron chi connectivity index (χ3n) is 4.79. The first-order chi connectivity index (χ1) is 11.7. The number of aliphatic hydroxyl groups excluding tert-OH is 1. The fraction of sp³-hybridized carbons (Fsp3) is 0.952. The second-order valence-corrected chi connectivity index (χ2v) is 7.15. The molecule has 0 radical (unpaired) electrons. The highest BCUT2D eigenvalue weighted by molar-refractivity contribution is 5.68. The Morgan fingerprint density at radius 3 is 1.62 bits per heavy atom. The number of ether oxygens (including phenoxy) is 1. The highest BCUT2D eigenvalue weighted by Crippen LogP contribution is 2.14. The molecule has 0 amide bonds. The summed E-state index contributed by atoms with van der Waals surface area (Å²) in [5, 5.41) is 9.92. The van der Waals surface area contributed by atoms with Crippen LogP contribution in [0, 0.1) is 0 Å². The molecule has 0 spiro atoms. The quantitative estimate of drug-likeness (QED) is 0.239. The van der Waals surface area contributed by atoms with Gasteiger partial charge in [0.25, 0.3) is 0 Å². The second kappa shape index (κ2) is 18.8. The predicted molar refractivity (Wildman–Crippen MR) is 102 cm³/mol. The van der Waals surface area contributed by atoms with Gasteiger partial charge >= 0.3 is 5.97 Å². The van der Waals surface area contributed by atoms with E-state index in [9.17, 15) is 9.90 Å². The summed E-state index contributed by atoms with van der Waals surface area (Å²) in [4.78, 5) is 11.0. The van der Waals surface area contributed by atoms with Crippen molar-refractivity contribution in [1.82, 2.24) is 0 Å². The molecule has 0 aromatic heterocycles. The molecule has 0 rings (SSSR count). The molecule has 0 aliphatic carbocycles. The van der Waals surface area contributed by atoms with Crippen LogP contribution in [0.25, 0.3) is 0 Å². The fourth-order valence-corrected chi connectivity index (χ4v) is 3.12. The first-order valence-corrected chi connectivity index (χ1v) is 10.5. The number of carbonyl (C=O) groups excluding carboxylic acids is 1. The zero-order chi connectivity index (χ0) is 17.9. The summed E-state index contributed by atoms with van der Waals surface area (Å²) in [6.07, 6.45) is 20.0. The zero-order valence-electron chi connectivity index (χ0n) is 16.4. The van der Waals surface area contributed by atoms with Crippen LogP contribution in [0.4, 0.5) is 0 Å². The maximum Gasteiger partial charge on any atom is 0.305 e. The SMILES string of the molecule is CCCCCCCCCCCCCCC(O)CCCCC(=O)OC. The molecule has 0 aliphatic heterocycles. The van der Waals surface area contributed by atoms with E-state index in [-0.39, 0.29) is 12.1 Å². The van der Waals surface area contributed by atoms with Crippen molar-refractivity contribution < 1.29 is 14.6 Å². The summed E-state index contributed by atoms with van der Waals surface area (Å²) in [5.41, 5.74) is 0. The summed E-state index contributed by atoms with van der Waals surface area (Å²) in [5.74, 6) is -0.148. The van der Waals surface area contributed by atoms with Gasteiger partial charge < -0.3 is 9.84 Å². The molecule has 3 nitrogen and oxygen atoms in total. The third kappa shape index (κ3) is 17.8. The molecule has 1 N–H and O–H groups in total. The van der Waals surface area contributed by atoms with Gasteiger partial charge in [-0.3, -0.25) is 4.79 Å². The summed E-state index contributed by atoms with van der Waals surface area (Å²) < 4.78 is 4.60. The van der Waals surface area contributed by atoms with Gasteiger partial charge in [-0.1, -0.05) is 90.4 Å². The Morgan fingerprint density at radius 1 is 0.750 bits per heavy atom. The topological polar surface area (TPSA) is 46.5 Å². The average Bonchev–Trinajstić information content (AvgIpc) is 2.59. The number of carbonyl (C=O) groups is 1. The van der Waals surface area contributed by atoms with E-state index >= 15 is 0 Å². The van der Waals surface area contributed by atoms with Gasteiger partial charge in [0.15, 0.2) is 0 Å². The standard InChI is InChI=1S/C21H42O3/c1-3-4-5-6-7-8-9-10-11-12-13-14-17-20(22)18-15-16-19-21(23)24-2/h20,22H,3-19H2,1-2H3. The summed E-state index contributed by atoms with van der Waals surface area (Å²) >= 11 is 0. The van der Waals surface area contributed by atoms with E-state index in [4.69, 9.17) is 0 Å². The van der Waals surface area contributed by atoms with Crippen molar-refractivity contribution in [3.63, 3.8) is 0 Å². The van der Waals surface area contributed by atoms with E-state index in [0.29, 0.717) is 6.42 Å². The third-order valence-corrected chi connectivity index (χ3v) is 4.79. The number of rotatable bonds is 18. The Labute approximate surface area is 150 Å². The van der Waals surface area contributed by atoms with Crippen LogP contribution < -0.4 is 0 Å². The van der Waals surface area contributed by atoms with Gasteiger partial charge in [-0.15, -0.1) is 0 Å². The summed E-state index contributed by atoms with van der Waals surface area (Å²) in [7, 11) is 1.42. The number of unbranched alkanes of at least 4 members (excludes halogenated alkanes) is 12. The number of hydrogen-bond donors (Lipinski definition) is 1. The summed E-state index contributed by atoms with van der Waals surface area (Å²) in [6, 6.07) is 0. The molecule has 24 heavy (non-hydrogen) atoms. The lowest BCUT2D eigenvalue weighted by Gasteiger charge is -2.10. The second-order valence-electron chi connectivity index (χ2n) is 7.15. The highest BCUT2D eigenvalue weighted by atomic mass is 16.5. The van der Waals surface area contributed by atoms with Crippen LogP contribution in [-0.2, 0) is 9.53 Å². The molecular weight excluding hydrogens is 300 g/mol. The fourth-order valence-electron chi connectivity index (χ4n) is 3.12. The molecule has 1 unspecified atom stereocenters. The predicted octanol–water partition coefficient (Wildman–Crippen LogP) is 6.17. The van der Waals surface area contributed by atoms with Crippen molar-refractivity contribution in [2.75, 3.05) is 7.11 Å². The Bertz CT molecular complexity index is 266. The molecule has 0 heterocycles. The van der Waals surface area contributed by atoms with Crippen LogP contribution in [-0.4, -0.2) is 24.3 Å². The van der Waals surface area contributed by atoms with Crippen LogP contribution >= 0.6 is 0 Å². The minimum absolute atomic E-state index is 0.148. The monoisotopic (exact) mass is 342 g/mol. The molecular formula is C21H42O3. The Balaban J connectivity index is 3.16. The van der Waals surface area contributed by atoms with Gasteiger partial charge in [0.05, 0.1) is 13.2 Å². The van der Waals surface area contributed by atoms with Crippen LogP contribution in [0.5, 0.6) is 0 Å². The first-order valence-electron chi connectivity index (χ1n) is 10.5. The zero-order valence-corrected chi connectivity index (χ0v) is 16.4. The number of esters is 1. The Hall–Kier alpha value is -0.570. The number of hydrogen-bond acceptors (Lipinski definition) is 3. The minimum Gasteiger partial charge on any atom is -0.469 e. The van der Waals surface area contributed by atoms with Gasteiger partial charge in [-0.2, -0.15) is 0 Å². The van der Waals surface area contributed by atoms with E-state index in [0.717, 1.165) is 32.1 Å². The van der Waals surface area contributed by atoms with Crippen molar-refractivity contribution in [2.45, 2.75) is 122 Å². The lowest BCUT2D eigenvalue weighted by molar-refractivity contribution is -0.140. The molecule has 144 valence electrons. The molecule has 0 aromatic rings. The lowest BCUT2D eigenvalue weighted by atomic mass is 10.0. The maximum atomic E-state index is 11.0. The van der Waals surface area contributed by atoms with Gasteiger partial charge in [-0.25, -0.2) is 0 Å². The lowest BCUT2D eigenvalue weighted by Crippen LogP contribution is -2.07. The summed E-state index contributed by atoms with van der Waals surface area (Å²) in [6.45, 7) is 2.27. The van der Waals surface area contributed by atoms with Gasteiger partial charge in [-0.05, 0) is 19.3 Å². The number of aliphatic hydroxyl groups is 1. The van der Waals surface area contributed by atoms with Crippen molar-refractivity contribution in [2.24, 2.45) is 0 Å². The normalized spacial score (nSPS) is 12.3. The van der Waals surface area contributed by atoms with E-state index in [1.807, 2.05) is 0 Å². The van der Waals surface area contributed by atoms with Crippen LogP contribution in [0.1, 0.15) is 116 Å². The molecule has 1 atom stereocenters. The van der Waals surface area contributed by atoms with Crippen molar-refractivity contribution in [3.8, 4) is 0 Å². The molecule has 0 bridgehead atoms. The first kappa shape index (κ1) is 23.4. The molecule has 3 heteroatoms. The van der Waals surface area contributed by atoms with Gasteiger partial charge in [0.1, 0.15) is 0 Å². The van der Waals surface area contributed by atoms with Crippen molar-refractivity contribution in [1.29, 1.82) is 0 Å². The van der Waals surface area contributed by atoms with Crippen molar-refractivity contribution in [3.05, 3.63) is 0 Å². The molecule has 0 saturated carbocycles. The molecule has 0 aromatic carbocycles. The molecule has 0 saturated heterocycles. The van der Waals surface area contributed by atoms with E-state index in [1.54, 1.807) is 0 Å². The highest BCUT2D eigenvalue weighted by Gasteiger charge is 2.05. The van der Waals surface area contributed by atoms with Crippen LogP contribution in [0.15, 0.2) is 0 Å². The number of methoxy groups -OCH3 is 1. The maximum absolute atomic E-state index is 11.0. The van der Waals surface area contributed by atoms with Crippen LogP contribution in [0.2, 0.25) is 0 Å². The van der Waals surface area contributed by atoms with Crippen molar-refractivity contribution >= 4 is 5.97 Å². The average molecular weight is 343 g/mol. The Morgan fingerprint density at radius 2 is 1.17 bits per heavy atom. The van der Waals surface area contributed by atoms with E-state index < -0.39 is 0 Å². The van der Waals surface area contributed by atoms with E-state index in [2.05, 4.69) is 11.7 Å². The van der Waals surface area contributed by atoms with Gasteiger partial charge in [0, 0.05) is 6.42 Å². The van der Waals surface area contributed by atoms with Crippen LogP contribution in [0.3, 0.4) is 0 Å². The Kier molecular flexibility index (Phi) is 18.3. The largest absolute Gasteiger partial charge is 0.469 e. The van der Waals surface area contributed by atoms with E-state index in [1.165, 1.54) is 77.7 Å². The molecule has 0 fully saturated rings.